The van der Waals surface area contributed by atoms with Gasteiger partial charge in [0.2, 0.25) is 0 Å². The van der Waals surface area contributed by atoms with Gasteiger partial charge in [-0.05, 0) is 42.6 Å². The minimum Gasteiger partial charge on any atom is -0.493 e. The molecular formula is C18H28ClNO. The fourth-order valence-electron chi connectivity index (χ4n) is 3.15. The lowest BCUT2D eigenvalue weighted by molar-refractivity contribution is 0.350. The van der Waals surface area contributed by atoms with Crippen LogP contribution in [0.2, 0.25) is 5.02 Å². The van der Waals surface area contributed by atoms with E-state index in [-0.39, 0.29) is 0 Å². The number of likely N-dealkylation sites (N-methyl/N-ethyl adjacent to an activating group) is 1. The Balaban J connectivity index is 1.99. The maximum atomic E-state index is 6.26. The average molecular weight is 310 g/mol. The lowest BCUT2D eigenvalue weighted by atomic mass is 9.97. The number of fused-ring (bicyclic) bond motifs is 1. The number of nitrogens with one attached hydrogen (secondary N) is 1. The van der Waals surface area contributed by atoms with Gasteiger partial charge in [0.05, 0.1) is 6.61 Å². The second-order valence-electron chi connectivity index (χ2n) is 5.96. The first kappa shape index (κ1) is 16.6. The van der Waals surface area contributed by atoms with E-state index in [2.05, 4.69) is 31.3 Å². The number of halogens is 1. The van der Waals surface area contributed by atoms with Crippen LogP contribution in [-0.2, 0) is 12.8 Å². The molecule has 3 heteroatoms. The van der Waals surface area contributed by atoms with E-state index in [0.717, 1.165) is 36.8 Å². The zero-order valence-electron chi connectivity index (χ0n) is 13.4. The van der Waals surface area contributed by atoms with Gasteiger partial charge in [0.1, 0.15) is 5.75 Å². The van der Waals surface area contributed by atoms with E-state index in [0.29, 0.717) is 6.04 Å². The molecule has 1 aliphatic heterocycles. The highest BCUT2D eigenvalue weighted by atomic mass is 35.5. The summed E-state index contributed by atoms with van der Waals surface area (Å²) in [7, 11) is 0. The summed E-state index contributed by atoms with van der Waals surface area (Å²) >= 11 is 6.26. The van der Waals surface area contributed by atoms with Gasteiger partial charge in [-0.2, -0.15) is 0 Å². The Morgan fingerprint density at radius 2 is 2.10 bits per heavy atom. The highest BCUT2D eigenvalue weighted by Gasteiger charge is 2.19. The van der Waals surface area contributed by atoms with Crippen molar-refractivity contribution in [2.75, 3.05) is 13.2 Å². The fraction of sp³-hybridized carbons (Fsp3) is 0.667. The van der Waals surface area contributed by atoms with Gasteiger partial charge < -0.3 is 10.1 Å². The molecule has 1 atom stereocenters. The number of hydrogen-bond donors (Lipinski definition) is 1. The van der Waals surface area contributed by atoms with Gasteiger partial charge in [-0.15, -0.1) is 0 Å². The molecule has 118 valence electrons. The molecule has 0 saturated heterocycles. The Morgan fingerprint density at radius 1 is 1.24 bits per heavy atom. The van der Waals surface area contributed by atoms with Crippen LogP contribution < -0.4 is 10.1 Å². The third-order valence-corrected chi connectivity index (χ3v) is 4.41. The molecule has 1 aliphatic rings. The van der Waals surface area contributed by atoms with Gasteiger partial charge in [0.15, 0.2) is 0 Å². The molecule has 2 nitrogen and oxygen atoms in total. The van der Waals surface area contributed by atoms with Crippen LogP contribution in [0.5, 0.6) is 5.75 Å². The molecule has 0 amide bonds. The summed E-state index contributed by atoms with van der Waals surface area (Å²) in [5.74, 6) is 1.09. The normalized spacial score (nSPS) is 14.8. The highest BCUT2D eigenvalue weighted by Crippen LogP contribution is 2.33. The standard InChI is InChI=1S/C18H28ClNO/c1-3-5-6-7-8-17(20-4-2)13-15-12-16(19)11-14-9-10-21-18(14)15/h11-12,17,20H,3-10,13H2,1-2H3. The van der Waals surface area contributed by atoms with Crippen molar-refractivity contribution >= 4 is 11.6 Å². The van der Waals surface area contributed by atoms with Crippen molar-refractivity contribution in [2.24, 2.45) is 0 Å². The van der Waals surface area contributed by atoms with Crippen molar-refractivity contribution in [3.8, 4) is 5.75 Å². The van der Waals surface area contributed by atoms with Crippen LogP contribution in [0, 0.1) is 0 Å². The molecule has 1 aromatic rings. The second-order valence-corrected chi connectivity index (χ2v) is 6.40. The van der Waals surface area contributed by atoms with E-state index in [9.17, 15) is 0 Å². The molecule has 21 heavy (non-hydrogen) atoms. The van der Waals surface area contributed by atoms with Crippen LogP contribution >= 0.6 is 11.6 Å². The monoisotopic (exact) mass is 309 g/mol. The summed E-state index contributed by atoms with van der Waals surface area (Å²) in [4.78, 5) is 0. The first-order valence-electron chi connectivity index (χ1n) is 8.42. The number of rotatable bonds is 9. The third kappa shape index (κ3) is 4.89. The van der Waals surface area contributed by atoms with Crippen molar-refractivity contribution < 1.29 is 4.74 Å². The molecule has 1 unspecified atom stereocenters. The number of benzene rings is 1. The van der Waals surface area contributed by atoms with Gasteiger partial charge >= 0.3 is 0 Å². The van der Waals surface area contributed by atoms with E-state index < -0.39 is 0 Å². The molecule has 0 spiro atoms. The molecule has 0 aliphatic carbocycles. The molecule has 1 N–H and O–H groups in total. The summed E-state index contributed by atoms with van der Waals surface area (Å²) in [6, 6.07) is 4.66. The first-order chi connectivity index (χ1) is 10.2. The Bertz CT molecular complexity index is 447. The van der Waals surface area contributed by atoms with E-state index in [4.69, 9.17) is 16.3 Å². The minimum atomic E-state index is 0.527. The highest BCUT2D eigenvalue weighted by molar-refractivity contribution is 6.30. The summed E-state index contributed by atoms with van der Waals surface area (Å²) in [6.07, 6.45) is 8.51. The molecule has 0 radical (unpaired) electrons. The van der Waals surface area contributed by atoms with Gasteiger partial charge in [-0.25, -0.2) is 0 Å². The summed E-state index contributed by atoms with van der Waals surface area (Å²) in [5, 5.41) is 4.46. The van der Waals surface area contributed by atoms with Gasteiger partial charge in [0.25, 0.3) is 0 Å². The van der Waals surface area contributed by atoms with E-state index in [1.54, 1.807) is 0 Å². The molecule has 1 aromatic carbocycles. The van der Waals surface area contributed by atoms with Crippen LogP contribution in [0.15, 0.2) is 12.1 Å². The molecule has 0 aromatic heterocycles. The first-order valence-corrected chi connectivity index (χ1v) is 8.79. The fourth-order valence-corrected chi connectivity index (χ4v) is 3.41. The van der Waals surface area contributed by atoms with Crippen molar-refractivity contribution in [3.63, 3.8) is 0 Å². The van der Waals surface area contributed by atoms with Crippen molar-refractivity contribution in [1.29, 1.82) is 0 Å². The largest absolute Gasteiger partial charge is 0.493 e. The zero-order valence-corrected chi connectivity index (χ0v) is 14.1. The molecule has 0 saturated carbocycles. The minimum absolute atomic E-state index is 0.527. The summed E-state index contributed by atoms with van der Waals surface area (Å²) in [5.41, 5.74) is 2.55. The van der Waals surface area contributed by atoms with E-state index in [1.807, 2.05) is 0 Å². The van der Waals surface area contributed by atoms with Crippen molar-refractivity contribution in [3.05, 3.63) is 28.3 Å². The van der Waals surface area contributed by atoms with Gasteiger partial charge in [-0.3, -0.25) is 0 Å². The van der Waals surface area contributed by atoms with Crippen molar-refractivity contribution in [2.45, 2.75) is 64.8 Å². The molecule has 0 fully saturated rings. The summed E-state index contributed by atoms with van der Waals surface area (Å²) < 4.78 is 5.82. The van der Waals surface area contributed by atoms with Gasteiger partial charge in [0, 0.05) is 17.5 Å². The molecule has 1 heterocycles. The lowest BCUT2D eigenvalue weighted by Crippen LogP contribution is -2.31. The van der Waals surface area contributed by atoms with Crippen LogP contribution in [-0.4, -0.2) is 19.2 Å². The smallest absolute Gasteiger partial charge is 0.125 e. The van der Waals surface area contributed by atoms with Crippen molar-refractivity contribution in [1.82, 2.24) is 5.32 Å². The summed E-state index contributed by atoms with van der Waals surface area (Å²) in [6.45, 7) is 6.25. The number of hydrogen-bond acceptors (Lipinski definition) is 2. The predicted molar refractivity (Wildman–Crippen MR) is 90.6 cm³/mol. The number of unbranched alkanes of at least 4 members (excludes halogenated alkanes) is 3. The Morgan fingerprint density at radius 3 is 2.86 bits per heavy atom. The topological polar surface area (TPSA) is 21.3 Å². The quantitative estimate of drug-likeness (QED) is 0.664. The number of ether oxygens (including phenoxy) is 1. The maximum Gasteiger partial charge on any atom is 0.125 e. The predicted octanol–water partition coefficient (Wildman–Crippen LogP) is 4.77. The maximum absolute atomic E-state index is 6.26. The van der Waals surface area contributed by atoms with E-state index >= 15 is 0 Å². The second kappa shape index (κ2) is 8.65. The van der Waals surface area contributed by atoms with Crippen LogP contribution in [0.25, 0.3) is 0 Å². The lowest BCUT2D eigenvalue weighted by Gasteiger charge is -2.19. The van der Waals surface area contributed by atoms with E-state index in [1.165, 1.54) is 43.2 Å². The Labute approximate surface area is 134 Å². The Hall–Kier alpha value is -0.730. The SMILES string of the molecule is CCCCCCC(Cc1cc(Cl)cc2c1OCC2)NCC. The molecular weight excluding hydrogens is 282 g/mol. The zero-order chi connectivity index (χ0) is 15.1. The van der Waals surface area contributed by atoms with Crippen LogP contribution in [0.4, 0.5) is 0 Å². The van der Waals surface area contributed by atoms with Crippen LogP contribution in [0.1, 0.15) is 57.1 Å². The average Bonchev–Trinajstić information content (AvgIpc) is 2.92. The van der Waals surface area contributed by atoms with Gasteiger partial charge in [-0.1, -0.05) is 51.1 Å². The Kier molecular flexibility index (Phi) is 6.85. The molecule has 0 bridgehead atoms. The van der Waals surface area contributed by atoms with Crippen LogP contribution in [0.3, 0.4) is 0 Å². The molecule has 2 rings (SSSR count). The third-order valence-electron chi connectivity index (χ3n) is 4.19.